The monoisotopic (exact) mass is 377 g/mol. The molecule has 0 saturated carbocycles. The van der Waals surface area contributed by atoms with Crippen LogP contribution in [-0.4, -0.2) is 39.4 Å². The maximum atomic E-state index is 12.4. The van der Waals surface area contributed by atoms with Gasteiger partial charge in [0, 0.05) is 18.3 Å². The summed E-state index contributed by atoms with van der Waals surface area (Å²) in [6.07, 6.45) is 6.34. The molecule has 26 heavy (non-hydrogen) atoms. The fraction of sp³-hybridized carbons (Fsp3) is 0.222. The lowest BCUT2D eigenvalue weighted by atomic mass is 10.1. The van der Waals surface area contributed by atoms with Crippen LogP contribution in [-0.2, 0) is 19.1 Å². The summed E-state index contributed by atoms with van der Waals surface area (Å²) in [6.45, 7) is 0.828. The van der Waals surface area contributed by atoms with E-state index in [0.29, 0.717) is 35.4 Å². The zero-order chi connectivity index (χ0) is 18.7. The summed E-state index contributed by atoms with van der Waals surface area (Å²) >= 11 is 6.40. The standard InChI is InChI=1S/C18H16ClNO6/c1-23-17(21)11-5-3-4-6-20(16(11)18(22)24-2)13-10-15-14(9-12(13)19)25-7-8-26-15/h3-6,9-10H,7-8H2,1-2H3. The Bertz CT molecular complexity index is 842. The number of hydrogen-bond donors (Lipinski definition) is 0. The van der Waals surface area contributed by atoms with Gasteiger partial charge in [-0.2, -0.15) is 0 Å². The number of carbonyl (C=O) groups is 2. The molecule has 0 amide bonds. The van der Waals surface area contributed by atoms with Crippen molar-refractivity contribution in [2.45, 2.75) is 0 Å². The first kappa shape index (κ1) is 17.9. The van der Waals surface area contributed by atoms with Gasteiger partial charge in [-0.3, -0.25) is 0 Å². The Balaban J connectivity index is 2.18. The first-order valence-corrected chi connectivity index (χ1v) is 8.08. The maximum absolute atomic E-state index is 12.4. The lowest BCUT2D eigenvalue weighted by Crippen LogP contribution is -2.27. The number of ether oxygens (including phenoxy) is 4. The Morgan fingerprint density at radius 1 is 1.04 bits per heavy atom. The van der Waals surface area contributed by atoms with Gasteiger partial charge in [0.2, 0.25) is 0 Å². The molecule has 2 heterocycles. The van der Waals surface area contributed by atoms with E-state index in [9.17, 15) is 9.59 Å². The normalized spacial score (nSPS) is 15.6. The lowest BCUT2D eigenvalue weighted by Gasteiger charge is -2.26. The fourth-order valence-electron chi connectivity index (χ4n) is 2.59. The molecule has 0 N–H and O–H groups in total. The second kappa shape index (κ2) is 7.53. The molecule has 0 saturated heterocycles. The second-order valence-electron chi connectivity index (χ2n) is 5.26. The maximum Gasteiger partial charge on any atom is 0.355 e. The third kappa shape index (κ3) is 3.25. The van der Waals surface area contributed by atoms with Crippen molar-refractivity contribution >= 4 is 29.2 Å². The number of rotatable bonds is 3. The molecule has 7 nitrogen and oxygen atoms in total. The largest absolute Gasteiger partial charge is 0.486 e. The van der Waals surface area contributed by atoms with Crippen molar-refractivity contribution < 1.29 is 28.5 Å². The van der Waals surface area contributed by atoms with E-state index in [-0.39, 0.29) is 11.3 Å². The van der Waals surface area contributed by atoms with Gasteiger partial charge in [0.15, 0.2) is 11.5 Å². The Kier molecular flexibility index (Phi) is 5.18. The fourth-order valence-corrected chi connectivity index (χ4v) is 2.83. The highest BCUT2D eigenvalue weighted by Crippen LogP contribution is 2.41. The zero-order valence-electron chi connectivity index (χ0n) is 14.2. The predicted octanol–water partition coefficient (Wildman–Crippen LogP) is 2.60. The number of halogens is 1. The van der Waals surface area contributed by atoms with Crippen molar-refractivity contribution in [3.05, 3.63) is 52.9 Å². The number of anilines is 1. The number of methoxy groups -OCH3 is 2. The molecule has 0 radical (unpaired) electrons. The molecular weight excluding hydrogens is 362 g/mol. The van der Waals surface area contributed by atoms with Crippen molar-refractivity contribution in [1.82, 2.24) is 0 Å². The zero-order valence-corrected chi connectivity index (χ0v) is 14.9. The van der Waals surface area contributed by atoms with Gasteiger partial charge >= 0.3 is 11.9 Å². The van der Waals surface area contributed by atoms with E-state index >= 15 is 0 Å². The van der Waals surface area contributed by atoms with Crippen LogP contribution >= 0.6 is 11.6 Å². The predicted molar refractivity (Wildman–Crippen MR) is 94.3 cm³/mol. The molecule has 2 aliphatic heterocycles. The molecular formula is C18H16ClNO6. The number of benzene rings is 1. The van der Waals surface area contributed by atoms with Crippen molar-refractivity contribution in [1.29, 1.82) is 0 Å². The molecule has 0 atom stereocenters. The number of esters is 2. The third-order valence-electron chi connectivity index (χ3n) is 3.76. The van der Waals surface area contributed by atoms with E-state index in [4.69, 9.17) is 30.5 Å². The van der Waals surface area contributed by atoms with Crippen LogP contribution in [0, 0.1) is 0 Å². The summed E-state index contributed by atoms with van der Waals surface area (Å²) in [5.41, 5.74) is 0.441. The lowest BCUT2D eigenvalue weighted by molar-refractivity contribution is -0.139. The molecule has 0 unspecified atom stereocenters. The molecule has 0 aliphatic carbocycles. The number of nitrogens with zero attached hydrogens (tertiary/aromatic N) is 1. The van der Waals surface area contributed by atoms with Crippen LogP contribution in [0.4, 0.5) is 5.69 Å². The first-order valence-electron chi connectivity index (χ1n) is 7.71. The molecule has 136 valence electrons. The van der Waals surface area contributed by atoms with Gasteiger partial charge in [-0.15, -0.1) is 0 Å². The van der Waals surface area contributed by atoms with Gasteiger partial charge in [0.25, 0.3) is 0 Å². The number of carbonyl (C=O) groups excluding carboxylic acids is 2. The summed E-state index contributed by atoms with van der Waals surface area (Å²) < 4.78 is 20.7. The molecule has 1 aromatic carbocycles. The topological polar surface area (TPSA) is 74.3 Å². The van der Waals surface area contributed by atoms with E-state index in [1.807, 2.05) is 0 Å². The van der Waals surface area contributed by atoms with Crippen LogP contribution < -0.4 is 14.4 Å². The molecule has 0 bridgehead atoms. The Morgan fingerprint density at radius 2 is 1.69 bits per heavy atom. The quantitative estimate of drug-likeness (QED) is 0.749. The highest BCUT2D eigenvalue weighted by atomic mass is 35.5. The highest BCUT2D eigenvalue weighted by Gasteiger charge is 2.29. The average Bonchev–Trinajstić information content (AvgIpc) is 2.89. The van der Waals surface area contributed by atoms with Gasteiger partial charge in [-0.25, -0.2) is 9.59 Å². The number of allylic oxidation sites excluding steroid dienone is 2. The molecule has 2 aliphatic rings. The first-order chi connectivity index (χ1) is 12.6. The molecule has 0 spiro atoms. The van der Waals surface area contributed by atoms with Gasteiger partial charge < -0.3 is 23.8 Å². The minimum atomic E-state index is -0.715. The average molecular weight is 378 g/mol. The van der Waals surface area contributed by atoms with Crippen LogP contribution in [0.2, 0.25) is 5.02 Å². The van der Waals surface area contributed by atoms with Crippen LogP contribution in [0.3, 0.4) is 0 Å². The van der Waals surface area contributed by atoms with Crippen LogP contribution in [0.25, 0.3) is 0 Å². The second-order valence-corrected chi connectivity index (χ2v) is 5.67. The van der Waals surface area contributed by atoms with E-state index in [2.05, 4.69) is 0 Å². The van der Waals surface area contributed by atoms with E-state index < -0.39 is 11.9 Å². The Morgan fingerprint density at radius 3 is 2.35 bits per heavy atom. The van der Waals surface area contributed by atoms with Crippen LogP contribution in [0.5, 0.6) is 11.5 Å². The van der Waals surface area contributed by atoms with Crippen molar-refractivity contribution in [3.8, 4) is 11.5 Å². The Labute approximate surface area is 155 Å². The van der Waals surface area contributed by atoms with Gasteiger partial charge in [-0.1, -0.05) is 17.7 Å². The molecule has 1 aromatic rings. The van der Waals surface area contributed by atoms with Gasteiger partial charge in [0.05, 0.1) is 30.5 Å². The third-order valence-corrected chi connectivity index (χ3v) is 4.06. The van der Waals surface area contributed by atoms with E-state index in [1.165, 1.54) is 25.2 Å². The summed E-state index contributed by atoms with van der Waals surface area (Å²) in [6, 6.07) is 3.24. The summed E-state index contributed by atoms with van der Waals surface area (Å²) in [5, 5.41) is 0.311. The number of fused-ring (bicyclic) bond motifs is 1. The minimum absolute atomic E-state index is 0.0251. The highest BCUT2D eigenvalue weighted by molar-refractivity contribution is 6.33. The Hall–Kier alpha value is -2.93. The van der Waals surface area contributed by atoms with E-state index in [1.54, 1.807) is 30.5 Å². The van der Waals surface area contributed by atoms with Crippen molar-refractivity contribution in [3.63, 3.8) is 0 Å². The van der Waals surface area contributed by atoms with Crippen LogP contribution in [0.1, 0.15) is 0 Å². The van der Waals surface area contributed by atoms with Gasteiger partial charge in [-0.05, 0) is 12.2 Å². The SMILES string of the molecule is COC(=O)C1=C(C(=O)OC)N(c2cc3c(cc2Cl)OCCO3)C=CC=C1. The summed E-state index contributed by atoms with van der Waals surface area (Å²) in [4.78, 5) is 26.1. The summed E-state index contributed by atoms with van der Waals surface area (Å²) in [7, 11) is 2.46. The number of hydrogen-bond acceptors (Lipinski definition) is 7. The smallest absolute Gasteiger partial charge is 0.355 e. The molecule has 8 heteroatoms. The van der Waals surface area contributed by atoms with Crippen molar-refractivity contribution in [2.24, 2.45) is 0 Å². The van der Waals surface area contributed by atoms with E-state index in [0.717, 1.165) is 0 Å². The summed E-state index contributed by atoms with van der Waals surface area (Å²) in [5.74, 6) is -0.389. The van der Waals surface area contributed by atoms with Gasteiger partial charge in [0.1, 0.15) is 18.9 Å². The molecule has 0 aromatic heterocycles. The van der Waals surface area contributed by atoms with Crippen LogP contribution in [0.15, 0.2) is 47.8 Å². The molecule has 0 fully saturated rings. The minimum Gasteiger partial charge on any atom is -0.486 e. The molecule has 3 rings (SSSR count). The van der Waals surface area contributed by atoms with Crippen molar-refractivity contribution in [2.75, 3.05) is 32.3 Å².